The van der Waals surface area contributed by atoms with E-state index in [1.807, 2.05) is 7.11 Å². The van der Waals surface area contributed by atoms with Crippen LogP contribution in [0.4, 0.5) is 0 Å². The van der Waals surface area contributed by atoms with E-state index in [0.717, 1.165) is 25.8 Å². The third kappa shape index (κ3) is 2.52. The lowest BCUT2D eigenvalue weighted by molar-refractivity contribution is -0.0196. The second-order valence-corrected chi connectivity index (χ2v) is 5.16. The van der Waals surface area contributed by atoms with Gasteiger partial charge in [0, 0.05) is 19.7 Å². The molecule has 88 valence electrons. The van der Waals surface area contributed by atoms with E-state index in [0.29, 0.717) is 18.1 Å². The Morgan fingerprint density at radius 2 is 2.07 bits per heavy atom. The van der Waals surface area contributed by atoms with Crippen LogP contribution < -0.4 is 0 Å². The van der Waals surface area contributed by atoms with Gasteiger partial charge < -0.3 is 9.84 Å². The van der Waals surface area contributed by atoms with Crippen LogP contribution in [0.15, 0.2) is 0 Å². The summed E-state index contributed by atoms with van der Waals surface area (Å²) >= 11 is 0. The van der Waals surface area contributed by atoms with Gasteiger partial charge in [0.2, 0.25) is 0 Å². The minimum absolute atomic E-state index is 0.0599. The number of ether oxygens (including phenoxy) is 1. The van der Waals surface area contributed by atoms with Gasteiger partial charge in [0.1, 0.15) is 0 Å². The van der Waals surface area contributed by atoms with Crippen molar-refractivity contribution in [2.75, 3.05) is 20.2 Å². The van der Waals surface area contributed by atoms with Gasteiger partial charge >= 0.3 is 0 Å². The zero-order chi connectivity index (χ0) is 10.8. The Morgan fingerprint density at radius 3 is 2.67 bits per heavy atom. The average molecular weight is 213 g/mol. The molecular weight excluding hydrogens is 190 g/mol. The van der Waals surface area contributed by atoms with Crippen molar-refractivity contribution in [3.05, 3.63) is 0 Å². The van der Waals surface area contributed by atoms with E-state index >= 15 is 0 Å². The molecule has 1 saturated carbocycles. The fourth-order valence-corrected chi connectivity index (χ4v) is 2.96. The van der Waals surface area contributed by atoms with Crippen LogP contribution in [0.25, 0.3) is 0 Å². The molecule has 0 radical (unpaired) electrons. The zero-order valence-electron chi connectivity index (χ0n) is 9.85. The second-order valence-electron chi connectivity index (χ2n) is 5.16. The number of hydrogen-bond acceptors (Lipinski definition) is 3. The fraction of sp³-hybridized carbons (Fsp3) is 1.00. The van der Waals surface area contributed by atoms with E-state index in [2.05, 4.69) is 11.8 Å². The number of aliphatic hydroxyl groups is 1. The summed E-state index contributed by atoms with van der Waals surface area (Å²) in [5.74, 6) is 0.678. The van der Waals surface area contributed by atoms with Gasteiger partial charge in [0.25, 0.3) is 0 Å². The summed E-state index contributed by atoms with van der Waals surface area (Å²) < 4.78 is 5.52. The number of nitrogens with zero attached hydrogens (tertiary/aromatic N) is 1. The molecule has 1 N–H and O–H groups in total. The molecule has 2 aliphatic rings. The molecule has 0 aromatic rings. The lowest BCUT2D eigenvalue weighted by Gasteiger charge is -2.39. The second kappa shape index (κ2) is 4.81. The van der Waals surface area contributed by atoms with Crippen LogP contribution in [0, 0.1) is 5.92 Å². The van der Waals surface area contributed by atoms with E-state index in [4.69, 9.17) is 4.74 Å². The standard InChI is InChI=1S/C12H23NO2/c1-9-5-6-13(8-12(9)15-2)10-3-4-11(14)7-10/h9-12,14H,3-8H2,1-2H3. The van der Waals surface area contributed by atoms with Gasteiger partial charge in [-0.25, -0.2) is 0 Å². The molecule has 2 fully saturated rings. The van der Waals surface area contributed by atoms with Gasteiger partial charge in [0.05, 0.1) is 12.2 Å². The van der Waals surface area contributed by atoms with Crippen LogP contribution in [-0.4, -0.2) is 48.5 Å². The van der Waals surface area contributed by atoms with Crippen molar-refractivity contribution in [1.29, 1.82) is 0 Å². The van der Waals surface area contributed by atoms with Gasteiger partial charge in [-0.1, -0.05) is 6.92 Å². The highest BCUT2D eigenvalue weighted by Gasteiger charge is 2.33. The fourth-order valence-electron chi connectivity index (χ4n) is 2.96. The summed E-state index contributed by atoms with van der Waals surface area (Å²) in [6.45, 7) is 4.50. The molecule has 4 unspecified atom stereocenters. The minimum atomic E-state index is -0.0599. The maximum Gasteiger partial charge on any atom is 0.0724 e. The Hall–Kier alpha value is -0.120. The van der Waals surface area contributed by atoms with Crippen molar-refractivity contribution in [2.45, 2.75) is 50.9 Å². The molecule has 15 heavy (non-hydrogen) atoms. The van der Waals surface area contributed by atoms with Gasteiger partial charge in [0.15, 0.2) is 0 Å². The molecule has 0 spiro atoms. The summed E-state index contributed by atoms with van der Waals surface area (Å²) in [4.78, 5) is 2.52. The molecular formula is C12H23NO2. The normalized spacial score (nSPS) is 43.4. The molecule has 3 heteroatoms. The molecule has 0 aromatic heterocycles. The number of hydrogen-bond donors (Lipinski definition) is 1. The largest absolute Gasteiger partial charge is 0.393 e. The van der Waals surface area contributed by atoms with Crippen LogP contribution in [0.2, 0.25) is 0 Å². The van der Waals surface area contributed by atoms with Crippen molar-refractivity contribution in [2.24, 2.45) is 5.92 Å². The minimum Gasteiger partial charge on any atom is -0.393 e. The van der Waals surface area contributed by atoms with Crippen molar-refractivity contribution < 1.29 is 9.84 Å². The predicted molar refractivity (Wildman–Crippen MR) is 59.8 cm³/mol. The van der Waals surface area contributed by atoms with Crippen molar-refractivity contribution >= 4 is 0 Å². The quantitative estimate of drug-likeness (QED) is 0.749. The van der Waals surface area contributed by atoms with Gasteiger partial charge in [-0.2, -0.15) is 0 Å². The summed E-state index contributed by atoms with van der Waals surface area (Å²) in [7, 11) is 1.81. The average Bonchev–Trinajstić information content (AvgIpc) is 2.66. The predicted octanol–water partition coefficient (Wildman–Crippen LogP) is 1.26. The maximum absolute atomic E-state index is 9.55. The van der Waals surface area contributed by atoms with E-state index in [1.54, 1.807) is 0 Å². The molecule has 1 aliphatic heterocycles. The summed E-state index contributed by atoms with van der Waals surface area (Å²) in [5.41, 5.74) is 0. The highest BCUT2D eigenvalue weighted by molar-refractivity contribution is 4.87. The van der Waals surface area contributed by atoms with Crippen LogP contribution in [0.5, 0.6) is 0 Å². The van der Waals surface area contributed by atoms with E-state index in [1.165, 1.54) is 13.0 Å². The maximum atomic E-state index is 9.55. The van der Waals surface area contributed by atoms with E-state index in [9.17, 15) is 5.11 Å². The molecule has 1 aliphatic carbocycles. The first kappa shape index (κ1) is 11.4. The first-order valence-corrected chi connectivity index (χ1v) is 6.15. The lowest BCUT2D eigenvalue weighted by Crippen LogP contribution is -2.47. The number of piperidine rings is 1. The van der Waals surface area contributed by atoms with Crippen LogP contribution in [0.3, 0.4) is 0 Å². The van der Waals surface area contributed by atoms with Crippen molar-refractivity contribution in [1.82, 2.24) is 4.90 Å². The topological polar surface area (TPSA) is 32.7 Å². The van der Waals surface area contributed by atoms with Gasteiger partial charge in [-0.3, -0.25) is 4.90 Å². The third-order valence-corrected chi connectivity index (χ3v) is 4.12. The van der Waals surface area contributed by atoms with E-state index in [-0.39, 0.29) is 6.10 Å². The molecule has 1 heterocycles. The van der Waals surface area contributed by atoms with Crippen molar-refractivity contribution in [3.63, 3.8) is 0 Å². The zero-order valence-corrected chi connectivity index (χ0v) is 9.85. The van der Waals surface area contributed by atoms with Gasteiger partial charge in [-0.15, -0.1) is 0 Å². The number of methoxy groups -OCH3 is 1. The molecule has 1 saturated heterocycles. The third-order valence-electron chi connectivity index (χ3n) is 4.12. The highest BCUT2D eigenvalue weighted by atomic mass is 16.5. The smallest absolute Gasteiger partial charge is 0.0724 e. The molecule has 4 atom stereocenters. The highest BCUT2D eigenvalue weighted by Crippen LogP contribution is 2.28. The Morgan fingerprint density at radius 1 is 1.27 bits per heavy atom. The SMILES string of the molecule is COC1CN(C2CCC(O)C2)CCC1C. The molecule has 0 amide bonds. The molecule has 0 bridgehead atoms. The lowest BCUT2D eigenvalue weighted by atomic mass is 9.94. The Kier molecular flexibility index (Phi) is 3.65. The number of rotatable bonds is 2. The van der Waals surface area contributed by atoms with Crippen LogP contribution in [-0.2, 0) is 4.74 Å². The first-order valence-electron chi connectivity index (χ1n) is 6.15. The molecule has 0 aromatic carbocycles. The monoisotopic (exact) mass is 213 g/mol. The summed E-state index contributed by atoms with van der Waals surface area (Å²) in [5, 5.41) is 9.55. The molecule has 3 nitrogen and oxygen atoms in total. The molecule has 2 rings (SSSR count). The first-order chi connectivity index (χ1) is 7.20. The Bertz CT molecular complexity index is 210. The van der Waals surface area contributed by atoms with Crippen LogP contribution >= 0.6 is 0 Å². The summed E-state index contributed by atoms with van der Waals surface area (Å²) in [6, 6.07) is 0.602. The van der Waals surface area contributed by atoms with Crippen molar-refractivity contribution in [3.8, 4) is 0 Å². The number of aliphatic hydroxyl groups excluding tert-OH is 1. The number of likely N-dealkylation sites (tertiary alicyclic amines) is 1. The summed E-state index contributed by atoms with van der Waals surface area (Å²) in [6.07, 6.45) is 4.66. The van der Waals surface area contributed by atoms with Crippen LogP contribution in [0.1, 0.15) is 32.6 Å². The Balaban J connectivity index is 1.88. The Labute approximate surface area is 92.4 Å². The van der Waals surface area contributed by atoms with E-state index < -0.39 is 0 Å². The van der Waals surface area contributed by atoms with Gasteiger partial charge in [-0.05, 0) is 38.1 Å².